The van der Waals surface area contributed by atoms with Gasteiger partial charge in [-0.3, -0.25) is 4.90 Å². The summed E-state index contributed by atoms with van der Waals surface area (Å²) in [5.41, 5.74) is 8.95. The Hall–Kier alpha value is -1.06. The summed E-state index contributed by atoms with van der Waals surface area (Å²) >= 11 is 12.3. The monoisotopic (exact) mass is 308 g/mol. The van der Waals surface area contributed by atoms with Crippen LogP contribution in [0.3, 0.4) is 0 Å². The van der Waals surface area contributed by atoms with Crippen molar-refractivity contribution in [1.82, 2.24) is 4.90 Å². The maximum absolute atomic E-state index is 6.28. The van der Waals surface area contributed by atoms with E-state index in [1.807, 2.05) is 36.4 Å². The molecule has 0 bridgehead atoms. The molecule has 2 aromatic carbocycles. The van der Waals surface area contributed by atoms with Crippen molar-refractivity contribution < 1.29 is 0 Å². The summed E-state index contributed by atoms with van der Waals surface area (Å²) in [6, 6.07) is 13.9. The van der Waals surface area contributed by atoms with Gasteiger partial charge in [-0.1, -0.05) is 47.5 Å². The molecule has 2 aromatic rings. The molecule has 0 fully saturated rings. The van der Waals surface area contributed by atoms with Crippen LogP contribution in [0.15, 0.2) is 42.5 Å². The molecule has 0 amide bonds. The number of halogens is 2. The smallest absolute Gasteiger partial charge is 0.0454 e. The molecule has 0 aliphatic rings. The second kappa shape index (κ2) is 7.09. The minimum absolute atomic E-state index is 0.512. The van der Waals surface area contributed by atoms with Gasteiger partial charge in [0, 0.05) is 29.7 Å². The summed E-state index contributed by atoms with van der Waals surface area (Å²) in [7, 11) is 2.06. The Morgan fingerprint density at radius 3 is 2.45 bits per heavy atom. The van der Waals surface area contributed by atoms with Gasteiger partial charge in [-0.15, -0.1) is 0 Å². The Bertz CT molecular complexity index is 584. The van der Waals surface area contributed by atoms with Crippen molar-refractivity contribution in [3.8, 4) is 0 Å². The molecule has 2 N–H and O–H groups in total. The van der Waals surface area contributed by atoms with E-state index in [0.717, 1.165) is 34.3 Å². The Balaban J connectivity index is 2.02. The van der Waals surface area contributed by atoms with E-state index in [0.29, 0.717) is 6.54 Å². The first kappa shape index (κ1) is 15.3. The van der Waals surface area contributed by atoms with Crippen LogP contribution >= 0.6 is 23.2 Å². The van der Waals surface area contributed by atoms with Crippen LogP contribution in [0, 0.1) is 0 Å². The van der Waals surface area contributed by atoms with Crippen molar-refractivity contribution in [3.05, 3.63) is 69.2 Å². The molecule has 2 nitrogen and oxygen atoms in total. The Kier molecular flexibility index (Phi) is 5.44. The highest BCUT2D eigenvalue weighted by Crippen LogP contribution is 2.20. The van der Waals surface area contributed by atoms with Crippen LogP contribution in [0.5, 0.6) is 0 Å². The van der Waals surface area contributed by atoms with Crippen LogP contribution in [-0.2, 0) is 19.6 Å². The van der Waals surface area contributed by atoms with Gasteiger partial charge in [-0.05, 0) is 41.9 Å². The first-order valence-corrected chi connectivity index (χ1v) is 7.24. The van der Waals surface area contributed by atoms with Crippen molar-refractivity contribution in [3.63, 3.8) is 0 Å². The number of hydrogen-bond acceptors (Lipinski definition) is 2. The zero-order chi connectivity index (χ0) is 14.5. The molecule has 0 aliphatic carbocycles. The first-order chi connectivity index (χ1) is 9.58. The summed E-state index contributed by atoms with van der Waals surface area (Å²) in [4.78, 5) is 2.20. The molecular formula is C16H18Cl2N2. The van der Waals surface area contributed by atoms with Crippen LogP contribution < -0.4 is 5.73 Å². The summed E-state index contributed by atoms with van der Waals surface area (Å²) in [5, 5.41) is 1.53. The fourth-order valence-corrected chi connectivity index (χ4v) is 2.62. The second-order valence-corrected chi connectivity index (χ2v) is 5.78. The van der Waals surface area contributed by atoms with E-state index in [2.05, 4.69) is 18.0 Å². The highest BCUT2D eigenvalue weighted by atomic mass is 35.5. The maximum Gasteiger partial charge on any atom is 0.0454 e. The lowest BCUT2D eigenvalue weighted by molar-refractivity contribution is 0.319. The van der Waals surface area contributed by atoms with E-state index < -0.39 is 0 Å². The zero-order valence-corrected chi connectivity index (χ0v) is 13.0. The molecule has 0 saturated carbocycles. The number of benzene rings is 2. The molecule has 2 rings (SSSR count). The van der Waals surface area contributed by atoms with E-state index >= 15 is 0 Å². The van der Waals surface area contributed by atoms with E-state index in [1.54, 1.807) is 0 Å². The molecule has 0 aliphatic heterocycles. The zero-order valence-electron chi connectivity index (χ0n) is 11.4. The van der Waals surface area contributed by atoms with Crippen LogP contribution in [0.4, 0.5) is 0 Å². The van der Waals surface area contributed by atoms with Crippen LogP contribution in [-0.4, -0.2) is 11.9 Å². The van der Waals surface area contributed by atoms with Gasteiger partial charge in [0.1, 0.15) is 0 Å². The molecule has 0 atom stereocenters. The average Bonchev–Trinajstić information content (AvgIpc) is 2.41. The van der Waals surface area contributed by atoms with E-state index in [9.17, 15) is 0 Å². The fourth-order valence-electron chi connectivity index (χ4n) is 2.14. The Morgan fingerprint density at radius 2 is 1.80 bits per heavy atom. The number of nitrogens with two attached hydrogens (primary N) is 1. The highest BCUT2D eigenvalue weighted by Gasteiger charge is 2.06. The van der Waals surface area contributed by atoms with E-state index in [-0.39, 0.29) is 0 Å². The molecule has 0 heterocycles. The molecule has 4 heteroatoms. The average molecular weight is 309 g/mol. The normalized spacial score (nSPS) is 11.1. The summed E-state index contributed by atoms with van der Waals surface area (Å²) in [6.07, 6.45) is 0. The number of hydrogen-bond donors (Lipinski definition) is 1. The fraction of sp³-hybridized carbons (Fsp3) is 0.250. The maximum atomic E-state index is 6.28. The molecule has 106 valence electrons. The predicted octanol–water partition coefficient (Wildman–Crippen LogP) is 4.08. The topological polar surface area (TPSA) is 29.3 Å². The molecular weight excluding hydrogens is 291 g/mol. The molecule has 0 aromatic heterocycles. The third-order valence-corrected chi connectivity index (χ3v) is 3.72. The van der Waals surface area contributed by atoms with Crippen molar-refractivity contribution in [2.45, 2.75) is 19.6 Å². The minimum atomic E-state index is 0.512. The second-order valence-electron chi connectivity index (χ2n) is 4.93. The first-order valence-electron chi connectivity index (χ1n) is 6.49. The van der Waals surface area contributed by atoms with Gasteiger partial charge in [-0.25, -0.2) is 0 Å². The van der Waals surface area contributed by atoms with E-state index in [1.165, 1.54) is 5.56 Å². The molecule has 0 unspecified atom stereocenters. The predicted molar refractivity (Wildman–Crippen MR) is 86.0 cm³/mol. The van der Waals surface area contributed by atoms with Crippen molar-refractivity contribution in [2.75, 3.05) is 7.05 Å². The van der Waals surface area contributed by atoms with E-state index in [4.69, 9.17) is 28.9 Å². The number of rotatable bonds is 5. The van der Waals surface area contributed by atoms with Gasteiger partial charge < -0.3 is 5.73 Å². The summed E-state index contributed by atoms with van der Waals surface area (Å²) in [6.45, 7) is 2.13. The third-order valence-electron chi connectivity index (χ3n) is 3.13. The standard InChI is InChI=1S/C16H18Cl2N2/c1-20(10-13-3-2-4-15(17)7-13)11-14-6-5-12(9-19)8-16(14)18/h2-8H,9-11,19H2,1H3. The SMILES string of the molecule is CN(Cc1cccc(Cl)c1)Cc1ccc(CN)cc1Cl. The van der Waals surface area contributed by atoms with Gasteiger partial charge in [0.15, 0.2) is 0 Å². The Morgan fingerprint density at radius 1 is 1.00 bits per heavy atom. The van der Waals surface area contributed by atoms with Crippen molar-refractivity contribution in [1.29, 1.82) is 0 Å². The van der Waals surface area contributed by atoms with Gasteiger partial charge in [-0.2, -0.15) is 0 Å². The third kappa shape index (κ3) is 4.22. The lowest BCUT2D eigenvalue weighted by Crippen LogP contribution is -2.17. The minimum Gasteiger partial charge on any atom is -0.326 e. The molecule has 0 saturated heterocycles. The molecule has 0 spiro atoms. The highest BCUT2D eigenvalue weighted by molar-refractivity contribution is 6.31. The molecule has 0 radical (unpaired) electrons. The van der Waals surface area contributed by atoms with Crippen molar-refractivity contribution >= 4 is 23.2 Å². The van der Waals surface area contributed by atoms with Crippen LogP contribution in [0.1, 0.15) is 16.7 Å². The van der Waals surface area contributed by atoms with Gasteiger partial charge in [0.2, 0.25) is 0 Å². The lowest BCUT2D eigenvalue weighted by atomic mass is 10.1. The largest absolute Gasteiger partial charge is 0.326 e. The molecule has 20 heavy (non-hydrogen) atoms. The van der Waals surface area contributed by atoms with Crippen LogP contribution in [0.25, 0.3) is 0 Å². The van der Waals surface area contributed by atoms with Crippen molar-refractivity contribution in [2.24, 2.45) is 5.73 Å². The van der Waals surface area contributed by atoms with Gasteiger partial charge in [0.25, 0.3) is 0 Å². The Labute approximate surface area is 130 Å². The summed E-state index contributed by atoms with van der Waals surface area (Å²) in [5.74, 6) is 0. The van der Waals surface area contributed by atoms with Crippen LogP contribution in [0.2, 0.25) is 10.0 Å². The van der Waals surface area contributed by atoms with Gasteiger partial charge in [0.05, 0.1) is 0 Å². The van der Waals surface area contributed by atoms with Gasteiger partial charge >= 0.3 is 0 Å². The quantitative estimate of drug-likeness (QED) is 0.901. The lowest BCUT2D eigenvalue weighted by Gasteiger charge is -2.18. The summed E-state index contributed by atoms with van der Waals surface area (Å²) < 4.78 is 0. The number of nitrogens with zero attached hydrogens (tertiary/aromatic N) is 1.